The maximum absolute atomic E-state index is 13.8. The van der Waals surface area contributed by atoms with Crippen LogP contribution in [0.1, 0.15) is 24.4 Å². The molecule has 1 N–H and O–H groups in total. The van der Waals surface area contributed by atoms with Gasteiger partial charge >= 0.3 is 12.1 Å². The Morgan fingerprint density at radius 1 is 1.15 bits per heavy atom. The molecule has 1 fully saturated rings. The van der Waals surface area contributed by atoms with E-state index in [-0.39, 0.29) is 0 Å². The van der Waals surface area contributed by atoms with Crippen molar-refractivity contribution in [3.8, 4) is 0 Å². The highest BCUT2D eigenvalue weighted by Crippen LogP contribution is 2.46. The van der Waals surface area contributed by atoms with Crippen LogP contribution in [0.2, 0.25) is 5.02 Å². The number of alkyl halides is 5. The Bertz CT molecular complexity index is 497. The minimum absolute atomic E-state index is 0.466. The molecule has 0 aliphatic heterocycles. The molecule has 0 saturated heterocycles. The lowest BCUT2D eigenvalue weighted by atomic mass is 9.99. The molecule has 1 aromatic rings. The number of nitrogens with one attached hydrogen (secondary N) is 1. The van der Waals surface area contributed by atoms with Crippen molar-refractivity contribution >= 4 is 11.6 Å². The number of benzene rings is 1. The molecule has 20 heavy (non-hydrogen) atoms. The van der Waals surface area contributed by atoms with Crippen molar-refractivity contribution in [2.24, 2.45) is 0 Å². The SMILES string of the molecule is Fc1c(Cl)cccc1C(NC1CC1)C(F)(F)C(F)(F)F. The van der Waals surface area contributed by atoms with Gasteiger partial charge in [-0.05, 0) is 18.9 Å². The lowest BCUT2D eigenvalue weighted by Gasteiger charge is -2.30. The van der Waals surface area contributed by atoms with Crippen LogP contribution in [-0.4, -0.2) is 18.1 Å². The summed E-state index contributed by atoms with van der Waals surface area (Å²) in [4.78, 5) is 0. The molecule has 1 aliphatic rings. The Hall–Kier alpha value is -0.950. The van der Waals surface area contributed by atoms with Crippen molar-refractivity contribution in [3.63, 3.8) is 0 Å². The summed E-state index contributed by atoms with van der Waals surface area (Å²) in [6.45, 7) is 0. The summed E-state index contributed by atoms with van der Waals surface area (Å²) in [6, 6.07) is 0.135. The van der Waals surface area contributed by atoms with Gasteiger partial charge in [0.2, 0.25) is 0 Å². The van der Waals surface area contributed by atoms with Gasteiger partial charge in [0.1, 0.15) is 11.9 Å². The number of hydrogen-bond acceptors (Lipinski definition) is 1. The van der Waals surface area contributed by atoms with E-state index in [0.717, 1.165) is 18.2 Å². The zero-order valence-corrected chi connectivity index (χ0v) is 10.7. The van der Waals surface area contributed by atoms with E-state index in [9.17, 15) is 26.3 Å². The van der Waals surface area contributed by atoms with Crippen LogP contribution in [0.5, 0.6) is 0 Å². The molecule has 112 valence electrons. The van der Waals surface area contributed by atoms with Crippen LogP contribution in [-0.2, 0) is 0 Å². The fourth-order valence-corrected chi connectivity index (χ4v) is 1.96. The van der Waals surface area contributed by atoms with Gasteiger partial charge in [-0.1, -0.05) is 23.7 Å². The smallest absolute Gasteiger partial charge is 0.302 e. The van der Waals surface area contributed by atoms with Crippen molar-refractivity contribution in [3.05, 3.63) is 34.6 Å². The maximum Gasteiger partial charge on any atom is 0.455 e. The molecule has 0 spiro atoms. The third-order valence-corrected chi connectivity index (χ3v) is 3.30. The first-order chi connectivity index (χ1) is 9.14. The molecule has 0 amide bonds. The van der Waals surface area contributed by atoms with Crippen LogP contribution in [0.3, 0.4) is 0 Å². The fraction of sp³-hybridized carbons (Fsp3) is 0.500. The van der Waals surface area contributed by atoms with Gasteiger partial charge in [0.05, 0.1) is 5.02 Å². The predicted molar refractivity (Wildman–Crippen MR) is 61.3 cm³/mol. The summed E-state index contributed by atoms with van der Waals surface area (Å²) in [5.41, 5.74) is -0.785. The van der Waals surface area contributed by atoms with Gasteiger partial charge in [-0.3, -0.25) is 0 Å². The minimum atomic E-state index is -5.78. The zero-order valence-electron chi connectivity index (χ0n) is 9.95. The van der Waals surface area contributed by atoms with Crippen LogP contribution < -0.4 is 5.32 Å². The molecule has 1 atom stereocenters. The van der Waals surface area contributed by atoms with Crippen molar-refractivity contribution in [1.82, 2.24) is 5.32 Å². The molecule has 1 unspecified atom stereocenters. The zero-order chi connectivity index (χ0) is 15.1. The first kappa shape index (κ1) is 15.4. The van der Waals surface area contributed by atoms with E-state index in [1.165, 1.54) is 0 Å². The highest BCUT2D eigenvalue weighted by atomic mass is 35.5. The van der Waals surface area contributed by atoms with E-state index in [1.807, 2.05) is 0 Å². The van der Waals surface area contributed by atoms with Gasteiger partial charge in [-0.15, -0.1) is 0 Å². The van der Waals surface area contributed by atoms with Crippen LogP contribution >= 0.6 is 11.6 Å². The molecule has 1 nitrogen and oxygen atoms in total. The minimum Gasteiger partial charge on any atom is -0.302 e. The molecular formula is C12H10ClF6N. The third-order valence-electron chi connectivity index (χ3n) is 3.01. The van der Waals surface area contributed by atoms with Crippen LogP contribution in [0.15, 0.2) is 18.2 Å². The molecule has 8 heteroatoms. The van der Waals surface area contributed by atoms with E-state index < -0.39 is 40.6 Å². The highest BCUT2D eigenvalue weighted by Gasteiger charge is 2.63. The van der Waals surface area contributed by atoms with E-state index >= 15 is 0 Å². The second kappa shape index (κ2) is 5.11. The number of rotatable bonds is 4. The average Bonchev–Trinajstić information content (AvgIpc) is 3.12. The Balaban J connectivity index is 2.44. The van der Waals surface area contributed by atoms with Gasteiger partial charge in [0, 0.05) is 11.6 Å². The molecular weight excluding hydrogens is 308 g/mol. The Kier molecular flexibility index (Phi) is 3.94. The van der Waals surface area contributed by atoms with E-state index in [0.29, 0.717) is 12.8 Å². The van der Waals surface area contributed by atoms with Crippen molar-refractivity contribution in [2.45, 2.75) is 37.0 Å². The number of halogens is 7. The molecule has 0 bridgehead atoms. The van der Waals surface area contributed by atoms with Gasteiger partial charge in [0.15, 0.2) is 0 Å². The van der Waals surface area contributed by atoms with Gasteiger partial charge in [-0.25, -0.2) is 4.39 Å². The molecule has 0 heterocycles. The monoisotopic (exact) mass is 317 g/mol. The summed E-state index contributed by atoms with van der Waals surface area (Å²) >= 11 is 5.45. The molecule has 2 rings (SSSR count). The largest absolute Gasteiger partial charge is 0.455 e. The third kappa shape index (κ3) is 2.88. The lowest BCUT2D eigenvalue weighted by molar-refractivity contribution is -0.294. The molecule has 1 saturated carbocycles. The van der Waals surface area contributed by atoms with Crippen LogP contribution in [0, 0.1) is 5.82 Å². The first-order valence-corrected chi connectivity index (χ1v) is 6.17. The second-order valence-corrected chi connectivity index (χ2v) is 5.04. The van der Waals surface area contributed by atoms with Crippen molar-refractivity contribution in [1.29, 1.82) is 0 Å². The van der Waals surface area contributed by atoms with Gasteiger partial charge < -0.3 is 5.32 Å². The first-order valence-electron chi connectivity index (χ1n) is 5.79. The standard InChI is InChI=1S/C12H10ClF6N/c13-8-3-1-2-7(9(8)14)10(20-6-4-5-6)11(15,16)12(17,18)19/h1-3,6,10,20H,4-5H2. The summed E-state index contributed by atoms with van der Waals surface area (Å²) in [6.07, 6.45) is -4.83. The quantitative estimate of drug-likeness (QED) is 0.808. The maximum atomic E-state index is 13.8. The number of hydrogen-bond donors (Lipinski definition) is 1. The van der Waals surface area contributed by atoms with E-state index in [4.69, 9.17) is 11.6 Å². The fourth-order valence-electron chi connectivity index (χ4n) is 1.78. The molecule has 0 aromatic heterocycles. The Morgan fingerprint density at radius 2 is 1.75 bits per heavy atom. The molecule has 0 radical (unpaired) electrons. The lowest BCUT2D eigenvalue weighted by Crippen LogP contribution is -2.48. The Labute approximate surface area is 115 Å². The summed E-state index contributed by atoms with van der Waals surface area (Å²) < 4.78 is 78.5. The summed E-state index contributed by atoms with van der Waals surface area (Å²) in [7, 11) is 0. The van der Waals surface area contributed by atoms with E-state index in [2.05, 4.69) is 5.32 Å². The normalized spacial score (nSPS) is 18.1. The Morgan fingerprint density at radius 3 is 2.25 bits per heavy atom. The summed E-state index contributed by atoms with van der Waals surface area (Å²) in [5.74, 6) is -6.36. The predicted octanol–water partition coefficient (Wildman–Crippen LogP) is 4.47. The van der Waals surface area contributed by atoms with Gasteiger partial charge in [0.25, 0.3) is 0 Å². The highest BCUT2D eigenvalue weighted by molar-refractivity contribution is 6.30. The van der Waals surface area contributed by atoms with Crippen molar-refractivity contribution in [2.75, 3.05) is 0 Å². The van der Waals surface area contributed by atoms with E-state index in [1.54, 1.807) is 0 Å². The van der Waals surface area contributed by atoms with Crippen molar-refractivity contribution < 1.29 is 26.3 Å². The van der Waals surface area contributed by atoms with Gasteiger partial charge in [-0.2, -0.15) is 22.0 Å². The van der Waals surface area contributed by atoms with Crippen LogP contribution in [0.4, 0.5) is 26.3 Å². The summed E-state index contributed by atoms with van der Waals surface area (Å²) in [5, 5.41) is 1.66. The second-order valence-electron chi connectivity index (χ2n) is 4.64. The van der Waals surface area contributed by atoms with Crippen LogP contribution in [0.25, 0.3) is 0 Å². The average molecular weight is 318 g/mol. The topological polar surface area (TPSA) is 12.0 Å². The molecule has 1 aliphatic carbocycles. The molecule has 1 aromatic carbocycles.